The lowest BCUT2D eigenvalue weighted by molar-refractivity contribution is 0.104. The van der Waals surface area contributed by atoms with E-state index >= 15 is 0 Å². The van der Waals surface area contributed by atoms with Crippen molar-refractivity contribution in [3.63, 3.8) is 0 Å². The first-order valence-electron chi connectivity index (χ1n) is 8.30. The number of rotatable bonds is 8. The van der Waals surface area contributed by atoms with Crippen LogP contribution in [-0.4, -0.2) is 11.0 Å². The van der Waals surface area contributed by atoms with Crippen molar-refractivity contribution in [1.82, 2.24) is 0 Å². The topological polar surface area (TPSA) is 51.2 Å². The number of hydrogen-bond acceptors (Lipinski definition) is 3. The molecule has 4 heteroatoms. The van der Waals surface area contributed by atoms with Crippen molar-refractivity contribution >= 4 is 18.8 Å². The molecular weight excluding hydrogens is 319 g/mol. The fourth-order valence-electron chi connectivity index (χ4n) is 2.53. The number of benzene rings is 2. The van der Waals surface area contributed by atoms with Crippen LogP contribution in [0.5, 0.6) is 0 Å². The van der Waals surface area contributed by atoms with Gasteiger partial charge in [0, 0.05) is 0 Å². The predicted molar refractivity (Wildman–Crippen MR) is 97.1 cm³/mol. The van der Waals surface area contributed by atoms with Gasteiger partial charge in [0.05, 0.1) is 11.1 Å². The van der Waals surface area contributed by atoms with Gasteiger partial charge in [-0.1, -0.05) is 55.5 Å². The summed E-state index contributed by atoms with van der Waals surface area (Å²) in [6.45, 7) is 4.17. The lowest BCUT2D eigenvalue weighted by Gasteiger charge is -1.99. The van der Waals surface area contributed by atoms with Crippen LogP contribution in [0.4, 0.5) is 0 Å². The van der Waals surface area contributed by atoms with Crippen molar-refractivity contribution in [1.29, 1.82) is 0 Å². The van der Waals surface area contributed by atoms with Gasteiger partial charge in [-0.05, 0) is 48.2 Å². The van der Waals surface area contributed by atoms with Gasteiger partial charge in [-0.3, -0.25) is 0 Å². The van der Waals surface area contributed by atoms with Crippen molar-refractivity contribution in [2.45, 2.75) is 39.5 Å². The molecule has 2 rings (SSSR count). The number of hydrogen-bond donors (Lipinski definition) is 0. The van der Waals surface area contributed by atoms with Crippen LogP contribution in [0.1, 0.15) is 58.5 Å². The Hall–Kier alpha value is -2.12. The molecule has 0 aliphatic heterocycles. The van der Waals surface area contributed by atoms with Gasteiger partial charge in [0.15, 0.2) is 0 Å². The maximum absolute atomic E-state index is 12.3. The quantitative estimate of drug-likeness (QED) is 0.604. The van der Waals surface area contributed by atoms with Crippen LogP contribution in [0, 0.1) is 0 Å². The van der Waals surface area contributed by atoms with Crippen LogP contribution < -0.4 is 0 Å². The van der Waals surface area contributed by atoms with Gasteiger partial charge < -0.3 is 0 Å². The molecule has 0 radical (unpaired) electrons. The average Bonchev–Trinajstić information content (AvgIpc) is 2.62. The maximum atomic E-state index is 12.3. The molecule has 0 heterocycles. The smallest absolute Gasteiger partial charge is 0.234 e. The summed E-state index contributed by atoms with van der Waals surface area (Å²) in [4.78, 5) is 24.6. The van der Waals surface area contributed by atoms with E-state index in [1.54, 1.807) is 24.3 Å². The molecule has 0 amide bonds. The minimum atomic E-state index is -2.62. The monoisotopic (exact) mass is 341 g/mol. The van der Waals surface area contributed by atoms with Crippen molar-refractivity contribution in [2.75, 3.05) is 0 Å². The summed E-state index contributed by atoms with van der Waals surface area (Å²) in [5, 5.41) is 0. The zero-order chi connectivity index (χ0) is 17.5. The lowest BCUT2D eigenvalue weighted by atomic mass is 10.1. The highest BCUT2D eigenvalue weighted by Gasteiger charge is 2.39. The molecule has 124 valence electrons. The van der Waals surface area contributed by atoms with E-state index in [2.05, 4.69) is 13.8 Å². The van der Waals surface area contributed by atoms with E-state index in [9.17, 15) is 14.2 Å². The van der Waals surface area contributed by atoms with Gasteiger partial charge in [-0.25, -0.2) is 9.59 Å². The van der Waals surface area contributed by atoms with Crippen molar-refractivity contribution < 1.29 is 14.2 Å². The number of carbonyl (C=O) groups is 2. The van der Waals surface area contributed by atoms with Crippen molar-refractivity contribution in [2.24, 2.45) is 0 Å². The standard InChI is InChI=1S/C20H22O3P/c1-3-5-15-7-11-17(12-8-15)19(21)24(23)20(22)18-13-9-16(6-4-2)10-14-18/h7-14H,3-6H2,1-2H3/q+1. The molecule has 0 aliphatic carbocycles. The van der Waals surface area contributed by atoms with Gasteiger partial charge in [-0.15, -0.1) is 0 Å². The fraction of sp³-hybridized carbons (Fsp3) is 0.300. The third-order valence-electron chi connectivity index (χ3n) is 3.85. The Labute approximate surface area is 143 Å². The minimum Gasteiger partial charge on any atom is -0.234 e. The molecule has 0 fully saturated rings. The molecule has 2 aromatic carbocycles. The molecule has 0 spiro atoms. The van der Waals surface area contributed by atoms with E-state index in [1.807, 2.05) is 24.3 Å². The number of aryl methyl sites for hydroxylation is 2. The first kappa shape index (κ1) is 18.2. The molecule has 0 aliphatic rings. The summed E-state index contributed by atoms with van der Waals surface area (Å²) < 4.78 is 12.3. The van der Waals surface area contributed by atoms with E-state index in [1.165, 1.54) is 0 Å². The van der Waals surface area contributed by atoms with Gasteiger partial charge in [0.25, 0.3) is 0 Å². The Balaban J connectivity index is 2.11. The Morgan fingerprint density at radius 2 is 1.04 bits per heavy atom. The van der Waals surface area contributed by atoms with E-state index < -0.39 is 18.8 Å². The molecule has 2 aromatic rings. The van der Waals surface area contributed by atoms with Crippen LogP contribution in [0.25, 0.3) is 0 Å². The average molecular weight is 341 g/mol. The second-order valence-corrected chi connectivity index (χ2v) is 7.20. The van der Waals surface area contributed by atoms with Crippen molar-refractivity contribution in [3.8, 4) is 0 Å². The highest BCUT2D eigenvalue weighted by molar-refractivity contribution is 7.80. The highest BCUT2D eigenvalue weighted by atomic mass is 31.1. The maximum Gasteiger partial charge on any atom is 0.501 e. The lowest BCUT2D eigenvalue weighted by Crippen LogP contribution is -2.02. The molecular formula is C20H22O3P+. The van der Waals surface area contributed by atoms with Gasteiger partial charge in [-0.2, -0.15) is 0 Å². The van der Waals surface area contributed by atoms with E-state index in [0.29, 0.717) is 11.1 Å². The zero-order valence-corrected chi connectivity index (χ0v) is 15.0. The van der Waals surface area contributed by atoms with E-state index in [0.717, 1.165) is 36.8 Å². The zero-order valence-electron chi connectivity index (χ0n) is 14.1. The van der Waals surface area contributed by atoms with Crippen LogP contribution in [0.2, 0.25) is 0 Å². The molecule has 0 atom stereocenters. The Kier molecular flexibility index (Phi) is 6.57. The summed E-state index contributed by atoms with van der Waals surface area (Å²) in [7, 11) is -2.62. The Bertz CT molecular complexity index is 667. The highest BCUT2D eigenvalue weighted by Crippen LogP contribution is 2.31. The van der Waals surface area contributed by atoms with Crippen LogP contribution in [-0.2, 0) is 17.4 Å². The Morgan fingerprint density at radius 3 is 1.33 bits per heavy atom. The molecule has 3 nitrogen and oxygen atoms in total. The third-order valence-corrected chi connectivity index (χ3v) is 5.10. The molecule has 0 aromatic heterocycles. The molecule has 0 bridgehead atoms. The second-order valence-electron chi connectivity index (χ2n) is 5.80. The largest absolute Gasteiger partial charge is 0.501 e. The number of carbonyl (C=O) groups excluding carboxylic acids is 2. The summed E-state index contributed by atoms with van der Waals surface area (Å²) >= 11 is 0. The van der Waals surface area contributed by atoms with E-state index in [4.69, 9.17) is 0 Å². The summed E-state index contributed by atoms with van der Waals surface area (Å²) in [5.74, 6) is 0. The molecule has 0 saturated heterocycles. The first-order valence-corrected chi connectivity index (χ1v) is 9.56. The SMILES string of the molecule is CCCc1ccc(C(=O)[P+](=O)C(=O)c2ccc(CCC)cc2)cc1. The first-order chi connectivity index (χ1) is 11.6. The van der Waals surface area contributed by atoms with Crippen LogP contribution >= 0.6 is 7.80 Å². The third kappa shape index (κ3) is 4.46. The molecule has 24 heavy (non-hydrogen) atoms. The summed E-state index contributed by atoms with van der Waals surface area (Å²) in [5.41, 5.74) is 1.70. The second kappa shape index (κ2) is 8.65. The summed E-state index contributed by atoms with van der Waals surface area (Å²) in [6.07, 6.45) is 3.91. The molecule has 0 N–H and O–H groups in total. The van der Waals surface area contributed by atoms with E-state index in [-0.39, 0.29) is 0 Å². The Morgan fingerprint density at radius 1 is 0.708 bits per heavy atom. The predicted octanol–water partition coefficient (Wildman–Crippen LogP) is 5.40. The summed E-state index contributed by atoms with van der Waals surface area (Å²) in [6, 6.07) is 14.0. The van der Waals surface area contributed by atoms with Gasteiger partial charge >= 0.3 is 18.8 Å². The van der Waals surface area contributed by atoms with Gasteiger partial charge in [0.1, 0.15) is 0 Å². The fourth-order valence-corrected chi connectivity index (χ4v) is 3.48. The van der Waals surface area contributed by atoms with Crippen molar-refractivity contribution in [3.05, 3.63) is 70.8 Å². The molecule has 0 unspecified atom stereocenters. The normalized spacial score (nSPS) is 10.4. The van der Waals surface area contributed by atoms with Crippen LogP contribution in [0.3, 0.4) is 0 Å². The van der Waals surface area contributed by atoms with Gasteiger partial charge in [0.2, 0.25) is 0 Å². The van der Waals surface area contributed by atoms with Crippen LogP contribution in [0.15, 0.2) is 48.5 Å². The molecule has 0 saturated carbocycles. The minimum absolute atomic E-state index is 0.326.